The van der Waals surface area contributed by atoms with Crippen molar-refractivity contribution < 1.29 is 9.90 Å². The largest absolute Gasteiger partial charge is 0.481 e. The minimum atomic E-state index is -0.607. The first-order valence-corrected chi connectivity index (χ1v) is 5.80. The topological polar surface area (TPSA) is 66.6 Å². The molecule has 2 aliphatic rings. The Labute approximate surface area is 90.4 Å². The minimum absolute atomic E-state index is 0.0946. The number of nitrogens with two attached hydrogens (primary N) is 1. The van der Waals surface area contributed by atoms with E-state index in [9.17, 15) is 4.79 Å². The van der Waals surface area contributed by atoms with Gasteiger partial charge in [0, 0.05) is 19.6 Å². The highest BCUT2D eigenvalue weighted by Gasteiger charge is 2.45. The SMILES string of the molecule is NCCN1CC[C@@]2(CC[C@H](C(=O)O)C2)C1. The van der Waals surface area contributed by atoms with Crippen LogP contribution in [0.3, 0.4) is 0 Å². The summed E-state index contributed by atoms with van der Waals surface area (Å²) in [6.07, 6.45) is 4.00. The highest BCUT2D eigenvalue weighted by Crippen LogP contribution is 2.47. The smallest absolute Gasteiger partial charge is 0.306 e. The molecule has 0 radical (unpaired) electrons. The van der Waals surface area contributed by atoms with E-state index < -0.39 is 5.97 Å². The van der Waals surface area contributed by atoms with E-state index in [-0.39, 0.29) is 5.92 Å². The van der Waals surface area contributed by atoms with Crippen LogP contribution in [-0.4, -0.2) is 42.2 Å². The molecule has 1 aliphatic heterocycles. The van der Waals surface area contributed by atoms with E-state index in [4.69, 9.17) is 10.8 Å². The average molecular weight is 212 g/mol. The molecular weight excluding hydrogens is 192 g/mol. The number of carbonyl (C=O) groups is 1. The van der Waals surface area contributed by atoms with Gasteiger partial charge in [0.15, 0.2) is 0 Å². The van der Waals surface area contributed by atoms with Gasteiger partial charge in [0.2, 0.25) is 0 Å². The maximum Gasteiger partial charge on any atom is 0.306 e. The zero-order chi connectivity index (χ0) is 10.9. The van der Waals surface area contributed by atoms with E-state index in [2.05, 4.69) is 4.90 Å². The molecule has 1 saturated carbocycles. The molecule has 0 amide bonds. The normalized spacial score (nSPS) is 36.5. The minimum Gasteiger partial charge on any atom is -0.481 e. The first-order chi connectivity index (χ1) is 7.15. The standard InChI is InChI=1S/C11H20N2O2/c12-4-6-13-5-3-11(8-13)2-1-9(7-11)10(14)15/h9H,1-8,12H2,(H,14,15)/t9-,11+/m0/s1. The Morgan fingerprint density at radius 3 is 2.93 bits per heavy atom. The van der Waals surface area contributed by atoms with E-state index in [0.717, 1.165) is 45.3 Å². The van der Waals surface area contributed by atoms with Crippen LogP contribution < -0.4 is 5.73 Å². The molecule has 0 aromatic carbocycles. The summed E-state index contributed by atoms with van der Waals surface area (Å²) in [6.45, 7) is 3.83. The van der Waals surface area contributed by atoms with Crippen LogP contribution >= 0.6 is 0 Å². The van der Waals surface area contributed by atoms with Gasteiger partial charge in [-0.2, -0.15) is 0 Å². The number of aliphatic carboxylic acids is 1. The molecule has 3 N–H and O–H groups in total. The lowest BCUT2D eigenvalue weighted by Gasteiger charge is -2.23. The molecule has 15 heavy (non-hydrogen) atoms. The molecule has 4 nitrogen and oxygen atoms in total. The lowest BCUT2D eigenvalue weighted by atomic mass is 9.84. The molecule has 2 rings (SSSR count). The van der Waals surface area contributed by atoms with Crippen molar-refractivity contribution in [2.24, 2.45) is 17.1 Å². The van der Waals surface area contributed by atoms with E-state index in [1.165, 1.54) is 0 Å². The first-order valence-electron chi connectivity index (χ1n) is 5.80. The van der Waals surface area contributed by atoms with Gasteiger partial charge < -0.3 is 15.7 Å². The molecule has 0 bridgehead atoms. The van der Waals surface area contributed by atoms with Crippen molar-refractivity contribution in [1.29, 1.82) is 0 Å². The van der Waals surface area contributed by atoms with Crippen molar-refractivity contribution in [3.8, 4) is 0 Å². The van der Waals surface area contributed by atoms with Crippen LogP contribution in [0, 0.1) is 11.3 Å². The number of carboxylic acids is 1. The van der Waals surface area contributed by atoms with Gasteiger partial charge in [-0.15, -0.1) is 0 Å². The molecule has 2 fully saturated rings. The summed E-state index contributed by atoms with van der Waals surface area (Å²) < 4.78 is 0. The van der Waals surface area contributed by atoms with Crippen LogP contribution in [0.5, 0.6) is 0 Å². The van der Waals surface area contributed by atoms with Gasteiger partial charge in [0.05, 0.1) is 5.92 Å². The zero-order valence-corrected chi connectivity index (χ0v) is 9.11. The van der Waals surface area contributed by atoms with Crippen LogP contribution in [0.4, 0.5) is 0 Å². The monoisotopic (exact) mass is 212 g/mol. The van der Waals surface area contributed by atoms with Crippen molar-refractivity contribution in [2.45, 2.75) is 25.7 Å². The molecule has 0 aromatic rings. The second kappa shape index (κ2) is 4.10. The van der Waals surface area contributed by atoms with Crippen molar-refractivity contribution in [3.05, 3.63) is 0 Å². The summed E-state index contributed by atoms with van der Waals surface area (Å²) in [7, 11) is 0. The maximum atomic E-state index is 10.9. The Kier molecular flexibility index (Phi) is 2.98. The Morgan fingerprint density at radius 1 is 1.53 bits per heavy atom. The second-order valence-electron chi connectivity index (χ2n) is 5.09. The number of rotatable bonds is 3. The van der Waals surface area contributed by atoms with Crippen LogP contribution in [0.15, 0.2) is 0 Å². The number of nitrogens with zero attached hydrogens (tertiary/aromatic N) is 1. The molecular formula is C11H20N2O2. The predicted molar refractivity (Wildman–Crippen MR) is 57.5 cm³/mol. The quantitative estimate of drug-likeness (QED) is 0.716. The van der Waals surface area contributed by atoms with Crippen molar-refractivity contribution in [3.63, 3.8) is 0 Å². The molecule has 1 spiro atoms. The van der Waals surface area contributed by atoms with Gasteiger partial charge in [-0.3, -0.25) is 4.79 Å². The van der Waals surface area contributed by atoms with Gasteiger partial charge in [-0.05, 0) is 37.6 Å². The molecule has 1 aliphatic carbocycles. The fourth-order valence-corrected chi connectivity index (χ4v) is 3.19. The summed E-state index contributed by atoms with van der Waals surface area (Å²) in [5, 5.41) is 8.99. The number of carboxylic acid groups (broad SMARTS) is 1. The number of hydrogen-bond acceptors (Lipinski definition) is 3. The zero-order valence-electron chi connectivity index (χ0n) is 9.11. The molecule has 1 saturated heterocycles. The van der Waals surface area contributed by atoms with Crippen LogP contribution in [0.2, 0.25) is 0 Å². The number of likely N-dealkylation sites (tertiary alicyclic amines) is 1. The summed E-state index contributed by atoms with van der Waals surface area (Å²) in [5.74, 6) is -0.702. The van der Waals surface area contributed by atoms with E-state index >= 15 is 0 Å². The van der Waals surface area contributed by atoms with Crippen molar-refractivity contribution in [1.82, 2.24) is 4.90 Å². The van der Waals surface area contributed by atoms with E-state index in [1.807, 2.05) is 0 Å². The summed E-state index contributed by atoms with van der Waals surface area (Å²) in [6, 6.07) is 0. The highest BCUT2D eigenvalue weighted by atomic mass is 16.4. The van der Waals surface area contributed by atoms with Crippen LogP contribution in [0.25, 0.3) is 0 Å². The summed E-state index contributed by atoms with van der Waals surface area (Å²) in [5.41, 5.74) is 5.84. The molecule has 2 atom stereocenters. The van der Waals surface area contributed by atoms with Crippen LogP contribution in [-0.2, 0) is 4.79 Å². The van der Waals surface area contributed by atoms with Gasteiger partial charge >= 0.3 is 5.97 Å². The summed E-state index contributed by atoms with van der Waals surface area (Å²) in [4.78, 5) is 13.3. The fraction of sp³-hybridized carbons (Fsp3) is 0.909. The first kappa shape index (κ1) is 10.9. The maximum absolute atomic E-state index is 10.9. The number of hydrogen-bond donors (Lipinski definition) is 2. The van der Waals surface area contributed by atoms with E-state index in [0.29, 0.717) is 12.0 Å². The molecule has 0 aromatic heterocycles. The Balaban J connectivity index is 1.92. The third-order valence-corrected chi connectivity index (χ3v) is 4.01. The molecule has 0 unspecified atom stereocenters. The average Bonchev–Trinajstić information content (AvgIpc) is 2.76. The Bertz CT molecular complexity index is 257. The fourth-order valence-electron chi connectivity index (χ4n) is 3.19. The molecule has 4 heteroatoms. The van der Waals surface area contributed by atoms with Gasteiger partial charge in [0.25, 0.3) is 0 Å². The summed E-state index contributed by atoms with van der Waals surface area (Å²) >= 11 is 0. The highest BCUT2D eigenvalue weighted by molar-refractivity contribution is 5.70. The third-order valence-electron chi connectivity index (χ3n) is 4.01. The second-order valence-corrected chi connectivity index (χ2v) is 5.09. The van der Waals surface area contributed by atoms with Gasteiger partial charge in [0.1, 0.15) is 0 Å². The lowest BCUT2D eigenvalue weighted by Crippen LogP contribution is -2.30. The predicted octanol–water partition coefficient (Wildman–Crippen LogP) is 0.522. The molecule has 1 heterocycles. The van der Waals surface area contributed by atoms with Gasteiger partial charge in [-0.1, -0.05) is 0 Å². The molecule has 86 valence electrons. The van der Waals surface area contributed by atoms with Crippen LogP contribution in [0.1, 0.15) is 25.7 Å². The van der Waals surface area contributed by atoms with Crippen molar-refractivity contribution in [2.75, 3.05) is 26.2 Å². The van der Waals surface area contributed by atoms with Crippen molar-refractivity contribution >= 4 is 5.97 Å². The lowest BCUT2D eigenvalue weighted by molar-refractivity contribution is -0.141. The third kappa shape index (κ3) is 2.16. The van der Waals surface area contributed by atoms with E-state index in [1.54, 1.807) is 0 Å². The Hall–Kier alpha value is -0.610. The van der Waals surface area contributed by atoms with Gasteiger partial charge in [-0.25, -0.2) is 0 Å². The Morgan fingerprint density at radius 2 is 2.33 bits per heavy atom.